The van der Waals surface area contributed by atoms with Crippen LogP contribution in [0, 0.1) is 13.8 Å². The van der Waals surface area contributed by atoms with Crippen LogP contribution in [0.2, 0.25) is 0 Å². The Morgan fingerprint density at radius 3 is 2.22 bits per heavy atom. The second-order valence-corrected chi connectivity index (χ2v) is 6.10. The number of benzene rings is 2. The predicted molar refractivity (Wildman–Crippen MR) is 101 cm³/mol. The molecule has 3 rings (SSSR count). The van der Waals surface area contributed by atoms with E-state index in [2.05, 4.69) is 4.99 Å². The fraction of sp³-hybridized carbons (Fsp3) is 0.0952. The van der Waals surface area contributed by atoms with Crippen LogP contribution in [0.15, 0.2) is 57.9 Å². The van der Waals surface area contributed by atoms with Gasteiger partial charge in [-0.25, -0.2) is 9.59 Å². The Hall–Kier alpha value is -3.67. The summed E-state index contributed by atoms with van der Waals surface area (Å²) in [5.74, 6) is -0.878. The molecule has 6 nitrogen and oxygen atoms in total. The molecule has 0 aliphatic heterocycles. The molecule has 2 aromatic carbocycles. The van der Waals surface area contributed by atoms with Gasteiger partial charge in [0.05, 0.1) is 23.0 Å². The number of aryl methyl sites for hydroxylation is 2. The summed E-state index contributed by atoms with van der Waals surface area (Å²) in [6, 6.07) is 13.1. The summed E-state index contributed by atoms with van der Waals surface area (Å²) in [5.41, 5.74) is 3.37. The molecule has 3 aromatic rings. The van der Waals surface area contributed by atoms with Gasteiger partial charge in [0, 0.05) is 5.56 Å². The normalized spacial score (nSPS) is 11.0. The maximum Gasteiger partial charge on any atom is 0.335 e. The van der Waals surface area contributed by atoms with Gasteiger partial charge in [-0.3, -0.25) is 4.99 Å². The molecule has 0 aliphatic rings. The molecule has 0 bridgehead atoms. The smallest absolute Gasteiger partial charge is 0.335 e. The zero-order chi connectivity index (χ0) is 19.6. The number of carboxylic acid groups (broad SMARTS) is 2. The van der Waals surface area contributed by atoms with Gasteiger partial charge < -0.3 is 14.6 Å². The first-order chi connectivity index (χ1) is 12.8. The first-order valence-corrected chi connectivity index (χ1v) is 8.17. The van der Waals surface area contributed by atoms with Crippen LogP contribution in [0.4, 0.5) is 5.69 Å². The van der Waals surface area contributed by atoms with Gasteiger partial charge >= 0.3 is 11.9 Å². The summed E-state index contributed by atoms with van der Waals surface area (Å²) in [4.78, 5) is 26.5. The van der Waals surface area contributed by atoms with Gasteiger partial charge in [0.2, 0.25) is 0 Å². The van der Waals surface area contributed by atoms with Crippen molar-refractivity contribution in [3.05, 3.63) is 76.5 Å². The van der Waals surface area contributed by atoms with E-state index < -0.39 is 11.9 Å². The molecule has 136 valence electrons. The van der Waals surface area contributed by atoms with Gasteiger partial charge in [-0.15, -0.1) is 0 Å². The lowest BCUT2D eigenvalue weighted by Crippen LogP contribution is -1.96. The molecule has 0 saturated carbocycles. The van der Waals surface area contributed by atoms with Crippen molar-refractivity contribution >= 4 is 23.8 Å². The van der Waals surface area contributed by atoms with Gasteiger partial charge in [-0.05, 0) is 61.4 Å². The molecule has 0 saturated heterocycles. The molecule has 0 amide bonds. The summed E-state index contributed by atoms with van der Waals surface area (Å²) < 4.78 is 5.78. The molecule has 0 unspecified atom stereocenters. The maximum atomic E-state index is 11.1. The van der Waals surface area contributed by atoms with Crippen LogP contribution in [-0.2, 0) is 0 Å². The molecule has 1 aromatic heterocycles. The van der Waals surface area contributed by atoms with Crippen LogP contribution in [0.5, 0.6) is 0 Å². The summed E-state index contributed by atoms with van der Waals surface area (Å²) >= 11 is 0. The molecule has 0 spiro atoms. The highest BCUT2D eigenvalue weighted by Crippen LogP contribution is 2.27. The minimum Gasteiger partial charge on any atom is -0.478 e. The van der Waals surface area contributed by atoms with Crippen molar-refractivity contribution in [3.8, 4) is 11.3 Å². The number of carboxylic acids is 2. The number of nitrogens with zero attached hydrogens (tertiary/aromatic N) is 1. The van der Waals surface area contributed by atoms with Gasteiger partial charge in [-0.1, -0.05) is 12.1 Å². The fourth-order valence-corrected chi connectivity index (χ4v) is 2.65. The van der Waals surface area contributed by atoms with E-state index in [1.165, 1.54) is 24.4 Å². The van der Waals surface area contributed by atoms with Crippen molar-refractivity contribution in [2.24, 2.45) is 4.99 Å². The van der Waals surface area contributed by atoms with E-state index in [0.29, 0.717) is 17.2 Å². The predicted octanol–water partition coefficient (Wildman–Crippen LogP) is 4.71. The van der Waals surface area contributed by atoms with Crippen LogP contribution in [0.3, 0.4) is 0 Å². The van der Waals surface area contributed by atoms with Crippen LogP contribution >= 0.6 is 0 Å². The highest BCUT2D eigenvalue weighted by Gasteiger charge is 2.10. The molecule has 0 radical (unpaired) electrons. The number of aromatic carboxylic acids is 2. The first-order valence-electron chi connectivity index (χ1n) is 8.17. The van der Waals surface area contributed by atoms with Crippen LogP contribution in [0.1, 0.15) is 37.6 Å². The Bertz CT molecular complexity index is 1060. The van der Waals surface area contributed by atoms with Crippen LogP contribution in [0.25, 0.3) is 11.3 Å². The highest BCUT2D eigenvalue weighted by molar-refractivity contribution is 5.90. The molecular formula is C21H17NO5. The van der Waals surface area contributed by atoms with E-state index >= 15 is 0 Å². The summed E-state index contributed by atoms with van der Waals surface area (Å²) in [6.45, 7) is 3.66. The van der Waals surface area contributed by atoms with E-state index in [1.54, 1.807) is 30.3 Å². The molecule has 1 heterocycles. The van der Waals surface area contributed by atoms with E-state index in [4.69, 9.17) is 14.6 Å². The third-order valence-corrected chi connectivity index (χ3v) is 4.15. The van der Waals surface area contributed by atoms with Crippen molar-refractivity contribution < 1.29 is 24.2 Å². The van der Waals surface area contributed by atoms with Crippen molar-refractivity contribution in [3.63, 3.8) is 0 Å². The highest BCUT2D eigenvalue weighted by atomic mass is 16.4. The lowest BCUT2D eigenvalue weighted by Gasteiger charge is -2.04. The summed E-state index contributed by atoms with van der Waals surface area (Å²) in [5, 5.41) is 18.1. The molecule has 6 heteroatoms. The second-order valence-electron chi connectivity index (χ2n) is 6.10. The molecule has 27 heavy (non-hydrogen) atoms. The minimum atomic E-state index is -1.01. The van der Waals surface area contributed by atoms with Crippen molar-refractivity contribution in [2.45, 2.75) is 13.8 Å². The van der Waals surface area contributed by atoms with E-state index in [-0.39, 0.29) is 11.1 Å². The number of carbonyl (C=O) groups is 2. The van der Waals surface area contributed by atoms with Gasteiger partial charge in [0.25, 0.3) is 0 Å². The Labute approximate surface area is 155 Å². The number of hydrogen-bond donors (Lipinski definition) is 2. The maximum absolute atomic E-state index is 11.1. The number of rotatable bonds is 5. The summed E-state index contributed by atoms with van der Waals surface area (Å²) in [7, 11) is 0. The third-order valence-electron chi connectivity index (χ3n) is 4.15. The zero-order valence-corrected chi connectivity index (χ0v) is 14.8. The topological polar surface area (TPSA) is 100 Å². The average Bonchev–Trinajstić information content (AvgIpc) is 3.09. The lowest BCUT2D eigenvalue weighted by molar-refractivity contribution is 0.0686. The fourth-order valence-electron chi connectivity index (χ4n) is 2.65. The van der Waals surface area contributed by atoms with Crippen molar-refractivity contribution in [2.75, 3.05) is 0 Å². The van der Waals surface area contributed by atoms with E-state index in [1.807, 2.05) is 13.8 Å². The SMILES string of the molecule is Cc1ccc(C(=O)O)cc1N=Cc1ccc(-c2ccc(C(=O)O)cc2C)o1. The Morgan fingerprint density at radius 2 is 1.56 bits per heavy atom. The van der Waals surface area contributed by atoms with Crippen molar-refractivity contribution in [1.29, 1.82) is 0 Å². The Kier molecular flexibility index (Phi) is 4.90. The molecule has 0 aliphatic carbocycles. The third kappa shape index (κ3) is 3.95. The van der Waals surface area contributed by atoms with Gasteiger partial charge in [0.1, 0.15) is 11.5 Å². The Balaban J connectivity index is 1.87. The van der Waals surface area contributed by atoms with Crippen molar-refractivity contribution in [1.82, 2.24) is 0 Å². The summed E-state index contributed by atoms with van der Waals surface area (Å²) in [6.07, 6.45) is 1.53. The number of hydrogen-bond acceptors (Lipinski definition) is 4. The standard InChI is InChI=1S/C21H17NO5/c1-12-3-4-15(21(25)26)10-18(12)22-11-16-6-8-19(27-16)17-7-5-14(20(23)24)9-13(17)2/h3-11H,1-2H3,(H,23,24)(H,25,26). The van der Waals surface area contributed by atoms with E-state index in [0.717, 1.165) is 16.7 Å². The second kappa shape index (κ2) is 7.29. The lowest BCUT2D eigenvalue weighted by atomic mass is 10.0. The van der Waals surface area contributed by atoms with Gasteiger partial charge in [-0.2, -0.15) is 0 Å². The quantitative estimate of drug-likeness (QED) is 0.639. The minimum absolute atomic E-state index is 0.169. The van der Waals surface area contributed by atoms with Crippen LogP contribution in [-0.4, -0.2) is 28.4 Å². The first kappa shape index (κ1) is 18.1. The molecular weight excluding hydrogens is 346 g/mol. The zero-order valence-electron chi connectivity index (χ0n) is 14.8. The number of aliphatic imine (C=N–C) groups is 1. The largest absolute Gasteiger partial charge is 0.478 e. The molecule has 2 N–H and O–H groups in total. The van der Waals surface area contributed by atoms with Gasteiger partial charge in [0.15, 0.2) is 0 Å². The van der Waals surface area contributed by atoms with Crippen LogP contribution < -0.4 is 0 Å². The monoisotopic (exact) mass is 363 g/mol. The Morgan fingerprint density at radius 1 is 0.889 bits per heavy atom. The van der Waals surface area contributed by atoms with E-state index in [9.17, 15) is 9.59 Å². The average molecular weight is 363 g/mol. The molecule has 0 atom stereocenters. The molecule has 0 fully saturated rings. The number of furan rings is 1.